The van der Waals surface area contributed by atoms with Crippen molar-refractivity contribution in [2.45, 2.75) is 26.6 Å². The molecular formula is C28H35F3N10O4. The van der Waals surface area contributed by atoms with Gasteiger partial charge < -0.3 is 30.9 Å². The number of alkyl halides is 3. The van der Waals surface area contributed by atoms with Gasteiger partial charge in [-0.3, -0.25) is 14.9 Å². The number of nitrogens with one attached hydrogen (secondary N) is 5. The molecule has 0 unspecified atom stereocenters. The van der Waals surface area contributed by atoms with Gasteiger partial charge in [-0.15, -0.1) is 5.10 Å². The minimum Gasteiger partial charge on any atom is -0.378 e. The van der Waals surface area contributed by atoms with E-state index in [1.807, 2.05) is 11.0 Å². The Labute approximate surface area is 256 Å². The van der Waals surface area contributed by atoms with Crippen LogP contribution in [0.15, 0.2) is 36.2 Å². The molecule has 0 spiro atoms. The van der Waals surface area contributed by atoms with Gasteiger partial charge in [0, 0.05) is 58.2 Å². The molecule has 4 amide bonds. The van der Waals surface area contributed by atoms with Crippen LogP contribution in [0.2, 0.25) is 0 Å². The van der Waals surface area contributed by atoms with Crippen molar-refractivity contribution in [3.8, 4) is 11.4 Å². The smallest absolute Gasteiger partial charge is 0.378 e. The zero-order valence-corrected chi connectivity index (χ0v) is 25.0. The zero-order valence-electron chi connectivity index (χ0n) is 25.0. The van der Waals surface area contributed by atoms with E-state index in [4.69, 9.17) is 4.74 Å². The molecule has 0 atom stereocenters. The largest absolute Gasteiger partial charge is 0.417 e. The Hall–Kier alpha value is -4.77. The van der Waals surface area contributed by atoms with Crippen molar-refractivity contribution < 1.29 is 32.3 Å². The fourth-order valence-electron chi connectivity index (χ4n) is 4.44. The number of ether oxygens (including phenoxy) is 1. The van der Waals surface area contributed by atoms with Crippen LogP contribution in [0.1, 0.15) is 25.0 Å². The molecule has 1 fully saturated rings. The van der Waals surface area contributed by atoms with Crippen LogP contribution < -0.4 is 31.5 Å². The Morgan fingerprint density at radius 2 is 1.84 bits per heavy atom. The molecule has 4 heterocycles. The number of rotatable bonds is 11. The van der Waals surface area contributed by atoms with Gasteiger partial charge in [0.25, 0.3) is 0 Å². The maximum absolute atomic E-state index is 14.2. The summed E-state index contributed by atoms with van der Waals surface area (Å²) < 4.78 is 49.5. The fraction of sp³-hybridized carbons (Fsp3) is 0.429. The van der Waals surface area contributed by atoms with Gasteiger partial charge in [0.15, 0.2) is 11.6 Å². The highest BCUT2D eigenvalue weighted by Gasteiger charge is 2.36. The molecule has 0 aliphatic carbocycles. The van der Waals surface area contributed by atoms with Gasteiger partial charge in [0.05, 0.1) is 30.9 Å². The Morgan fingerprint density at radius 1 is 1.09 bits per heavy atom. The van der Waals surface area contributed by atoms with Crippen LogP contribution in [-0.2, 0) is 27.0 Å². The average molecular weight is 633 g/mol. The van der Waals surface area contributed by atoms with Gasteiger partial charge >= 0.3 is 12.2 Å². The lowest BCUT2D eigenvalue weighted by Crippen LogP contribution is -2.39. The van der Waals surface area contributed by atoms with Crippen LogP contribution in [0.5, 0.6) is 0 Å². The lowest BCUT2D eigenvalue weighted by Gasteiger charge is -2.28. The van der Waals surface area contributed by atoms with Crippen LogP contribution in [0.4, 0.5) is 29.6 Å². The number of fused-ring (bicyclic) bond motifs is 1. The van der Waals surface area contributed by atoms with E-state index < -0.39 is 17.8 Å². The number of urea groups is 1. The highest BCUT2D eigenvalue weighted by atomic mass is 19.4. The number of allylic oxidation sites excluding steroid dienone is 1. The molecule has 14 nitrogen and oxygen atoms in total. The number of hydrogen-bond acceptors (Lipinski definition) is 9. The van der Waals surface area contributed by atoms with Crippen molar-refractivity contribution in [3.63, 3.8) is 0 Å². The topological polar surface area (TPSA) is 167 Å². The third-order valence-corrected chi connectivity index (χ3v) is 6.53. The summed E-state index contributed by atoms with van der Waals surface area (Å²) in [5, 5.41) is 17.4. The minimum atomic E-state index is -4.78. The summed E-state index contributed by atoms with van der Waals surface area (Å²) in [6.07, 6.45) is -0.695. The van der Waals surface area contributed by atoms with Crippen LogP contribution in [-0.4, -0.2) is 90.4 Å². The predicted octanol–water partition coefficient (Wildman–Crippen LogP) is 1.69. The number of morpholine rings is 1. The third kappa shape index (κ3) is 9.12. The van der Waals surface area contributed by atoms with Gasteiger partial charge in [0.2, 0.25) is 11.8 Å². The number of halogens is 3. The molecule has 1 aliphatic heterocycles. The lowest BCUT2D eigenvalue weighted by molar-refractivity contribution is -0.137. The molecule has 17 heteroatoms. The van der Waals surface area contributed by atoms with Crippen LogP contribution in [0, 0.1) is 0 Å². The summed E-state index contributed by atoms with van der Waals surface area (Å²) in [5.74, 6) is -0.695. The van der Waals surface area contributed by atoms with Crippen LogP contribution in [0.25, 0.3) is 16.9 Å². The van der Waals surface area contributed by atoms with E-state index in [0.29, 0.717) is 57.3 Å². The average Bonchev–Trinajstić information content (AvgIpc) is 3.42. The summed E-state index contributed by atoms with van der Waals surface area (Å²) in [5.41, 5.74) is 0.808. The molecule has 5 N–H and O–H groups in total. The molecule has 1 aliphatic rings. The van der Waals surface area contributed by atoms with Crippen molar-refractivity contribution in [2.24, 2.45) is 0 Å². The second-order valence-electron chi connectivity index (χ2n) is 10.3. The van der Waals surface area contributed by atoms with Crippen molar-refractivity contribution >= 4 is 35.0 Å². The van der Waals surface area contributed by atoms with Crippen molar-refractivity contribution in [3.05, 3.63) is 47.3 Å². The summed E-state index contributed by atoms with van der Waals surface area (Å²) in [4.78, 5) is 45.8. The first-order valence-corrected chi connectivity index (χ1v) is 14.1. The highest BCUT2D eigenvalue weighted by molar-refractivity contribution is 5.91. The summed E-state index contributed by atoms with van der Waals surface area (Å²) >= 11 is 0. The van der Waals surface area contributed by atoms with Gasteiger partial charge in [-0.2, -0.15) is 13.2 Å². The minimum absolute atomic E-state index is 0.141. The molecule has 3 aromatic rings. The maximum atomic E-state index is 14.2. The Morgan fingerprint density at radius 3 is 2.53 bits per heavy atom. The van der Waals surface area contributed by atoms with E-state index in [9.17, 15) is 27.6 Å². The normalized spacial score (nSPS) is 13.3. The summed E-state index contributed by atoms with van der Waals surface area (Å²) in [7, 11) is 1.33. The SMILES string of the molecule is CNC(=O)Nc1cc(C(F)(F)F)c(-c2nc(N3CCOCC3)c3cc(CNCCNC(=O)CNC(=O)C=C(C)C)cn3n2)cn1. The van der Waals surface area contributed by atoms with E-state index >= 15 is 0 Å². The second-order valence-corrected chi connectivity index (χ2v) is 10.3. The molecule has 242 valence electrons. The Balaban J connectivity index is 1.52. The van der Waals surface area contributed by atoms with Gasteiger partial charge in [-0.05, 0) is 31.5 Å². The van der Waals surface area contributed by atoms with E-state index in [1.165, 1.54) is 17.6 Å². The van der Waals surface area contributed by atoms with Crippen LogP contribution >= 0.6 is 0 Å². The van der Waals surface area contributed by atoms with Crippen LogP contribution in [0.3, 0.4) is 0 Å². The first kappa shape index (κ1) is 33.1. The molecule has 0 aromatic carbocycles. The van der Waals surface area contributed by atoms with E-state index in [1.54, 1.807) is 20.0 Å². The quantitative estimate of drug-likeness (QED) is 0.156. The van der Waals surface area contributed by atoms with E-state index in [2.05, 4.69) is 41.7 Å². The van der Waals surface area contributed by atoms with Gasteiger partial charge in [-0.1, -0.05) is 5.57 Å². The van der Waals surface area contributed by atoms with Crippen molar-refractivity contribution in [1.29, 1.82) is 0 Å². The highest BCUT2D eigenvalue weighted by Crippen LogP contribution is 2.37. The molecule has 4 rings (SSSR count). The lowest BCUT2D eigenvalue weighted by atomic mass is 10.1. The first-order valence-electron chi connectivity index (χ1n) is 14.1. The van der Waals surface area contributed by atoms with Crippen molar-refractivity contribution in [1.82, 2.24) is 40.8 Å². The molecular weight excluding hydrogens is 597 g/mol. The molecule has 0 saturated carbocycles. The maximum Gasteiger partial charge on any atom is 0.417 e. The monoisotopic (exact) mass is 632 g/mol. The Kier molecular flexibility index (Phi) is 10.9. The number of nitrogens with zero attached hydrogens (tertiary/aromatic N) is 5. The molecule has 0 bridgehead atoms. The molecule has 3 aromatic heterocycles. The molecule has 1 saturated heterocycles. The number of aromatic nitrogens is 4. The summed E-state index contributed by atoms with van der Waals surface area (Å²) in [6, 6.07) is 1.88. The third-order valence-electron chi connectivity index (χ3n) is 6.53. The Bertz CT molecular complexity index is 1560. The number of amides is 4. The fourth-order valence-corrected chi connectivity index (χ4v) is 4.44. The second kappa shape index (κ2) is 14.8. The van der Waals surface area contributed by atoms with Gasteiger partial charge in [0.1, 0.15) is 11.3 Å². The zero-order chi connectivity index (χ0) is 32.6. The summed E-state index contributed by atoms with van der Waals surface area (Å²) in [6.45, 7) is 6.36. The molecule has 45 heavy (non-hydrogen) atoms. The molecule has 0 radical (unpaired) electrons. The number of carbonyl (C=O) groups excluding carboxylic acids is 3. The number of anilines is 2. The van der Waals surface area contributed by atoms with Gasteiger partial charge in [-0.25, -0.2) is 19.3 Å². The standard InChI is InChI=1S/C28H35F3N10O4/c1-17(2)10-23(42)36-15-24(43)34-5-4-33-13-18-11-21-26(40-6-8-45-9-7-40)38-25(39-41(21)16-18)19-14-35-22(37-27(44)32-3)12-20(19)28(29,30)31/h10-12,14,16,33H,4-9,13,15H2,1-3H3,(H,34,43)(H,36,42)(H2,32,35,37,44). The number of pyridine rings is 1. The van der Waals surface area contributed by atoms with E-state index in [0.717, 1.165) is 23.4 Å². The first-order chi connectivity index (χ1) is 21.4. The predicted molar refractivity (Wildman–Crippen MR) is 159 cm³/mol. The van der Waals surface area contributed by atoms with E-state index in [-0.39, 0.29) is 35.6 Å². The number of carbonyl (C=O) groups is 3. The van der Waals surface area contributed by atoms with Crippen molar-refractivity contribution in [2.75, 3.05) is 63.2 Å². The number of hydrogen-bond donors (Lipinski definition) is 5.